The van der Waals surface area contributed by atoms with Gasteiger partial charge >= 0.3 is 0 Å². The summed E-state index contributed by atoms with van der Waals surface area (Å²) in [6, 6.07) is 7.62. The van der Waals surface area contributed by atoms with Gasteiger partial charge in [0, 0.05) is 11.3 Å². The SMILES string of the molecule is CC(C)CSCCOc1ccccc1CO. The van der Waals surface area contributed by atoms with Crippen LogP contribution in [0.3, 0.4) is 0 Å². The molecule has 0 saturated heterocycles. The van der Waals surface area contributed by atoms with Crippen molar-refractivity contribution in [3.63, 3.8) is 0 Å². The van der Waals surface area contributed by atoms with E-state index >= 15 is 0 Å². The molecule has 0 unspecified atom stereocenters. The van der Waals surface area contributed by atoms with Crippen molar-refractivity contribution in [2.45, 2.75) is 20.5 Å². The first-order valence-electron chi connectivity index (χ1n) is 5.63. The lowest BCUT2D eigenvalue weighted by Gasteiger charge is -2.10. The summed E-state index contributed by atoms with van der Waals surface area (Å²) in [5.41, 5.74) is 0.858. The van der Waals surface area contributed by atoms with Crippen molar-refractivity contribution in [3.8, 4) is 5.75 Å². The Kier molecular flexibility index (Phi) is 6.34. The van der Waals surface area contributed by atoms with Gasteiger partial charge in [-0.05, 0) is 17.7 Å². The Morgan fingerprint density at radius 2 is 2.06 bits per heavy atom. The predicted molar refractivity (Wildman–Crippen MR) is 70.0 cm³/mol. The molecule has 0 saturated carbocycles. The van der Waals surface area contributed by atoms with Crippen LogP contribution in [-0.4, -0.2) is 23.2 Å². The minimum atomic E-state index is 0.0370. The van der Waals surface area contributed by atoms with E-state index < -0.39 is 0 Å². The first-order valence-corrected chi connectivity index (χ1v) is 6.78. The third-order valence-corrected chi connectivity index (χ3v) is 3.44. The predicted octanol–water partition coefficient (Wildman–Crippen LogP) is 2.95. The molecule has 3 heteroatoms. The van der Waals surface area contributed by atoms with E-state index in [0.717, 1.165) is 23.0 Å². The summed E-state index contributed by atoms with van der Waals surface area (Å²) in [6.07, 6.45) is 0. The number of aliphatic hydroxyl groups is 1. The van der Waals surface area contributed by atoms with E-state index in [1.54, 1.807) is 0 Å². The van der Waals surface area contributed by atoms with E-state index in [1.165, 1.54) is 5.75 Å². The Balaban J connectivity index is 2.26. The highest BCUT2D eigenvalue weighted by molar-refractivity contribution is 7.99. The van der Waals surface area contributed by atoms with Crippen LogP contribution in [0.5, 0.6) is 5.75 Å². The second kappa shape index (κ2) is 7.58. The lowest BCUT2D eigenvalue weighted by Crippen LogP contribution is -2.04. The van der Waals surface area contributed by atoms with Gasteiger partial charge in [0.05, 0.1) is 13.2 Å². The van der Waals surface area contributed by atoms with Crippen molar-refractivity contribution < 1.29 is 9.84 Å². The lowest BCUT2D eigenvalue weighted by molar-refractivity contribution is 0.267. The summed E-state index contributed by atoms with van der Waals surface area (Å²) in [5, 5.41) is 9.11. The zero-order valence-corrected chi connectivity index (χ0v) is 10.8. The van der Waals surface area contributed by atoms with E-state index in [-0.39, 0.29) is 6.61 Å². The molecule has 0 bridgehead atoms. The fraction of sp³-hybridized carbons (Fsp3) is 0.538. The molecule has 0 aromatic heterocycles. The first kappa shape index (κ1) is 13.4. The van der Waals surface area contributed by atoms with Crippen molar-refractivity contribution in [2.24, 2.45) is 5.92 Å². The molecule has 1 aromatic rings. The van der Waals surface area contributed by atoms with Gasteiger partial charge in [-0.25, -0.2) is 0 Å². The molecule has 0 radical (unpaired) electrons. The van der Waals surface area contributed by atoms with Gasteiger partial charge in [0.2, 0.25) is 0 Å². The number of para-hydroxylation sites is 1. The van der Waals surface area contributed by atoms with Crippen LogP contribution in [0, 0.1) is 5.92 Å². The first-order chi connectivity index (χ1) is 7.74. The molecule has 0 aliphatic carbocycles. The van der Waals surface area contributed by atoms with Crippen LogP contribution in [0.25, 0.3) is 0 Å². The molecule has 1 aromatic carbocycles. The van der Waals surface area contributed by atoms with Crippen molar-refractivity contribution in [1.82, 2.24) is 0 Å². The lowest BCUT2D eigenvalue weighted by atomic mass is 10.2. The Hall–Kier alpha value is -0.670. The monoisotopic (exact) mass is 240 g/mol. The molecule has 90 valence electrons. The second-order valence-electron chi connectivity index (χ2n) is 4.08. The van der Waals surface area contributed by atoms with Crippen LogP contribution in [0.1, 0.15) is 19.4 Å². The highest BCUT2D eigenvalue weighted by Gasteiger charge is 2.01. The van der Waals surface area contributed by atoms with E-state index in [1.807, 2.05) is 36.0 Å². The second-order valence-corrected chi connectivity index (χ2v) is 5.23. The van der Waals surface area contributed by atoms with Crippen molar-refractivity contribution in [2.75, 3.05) is 18.1 Å². The van der Waals surface area contributed by atoms with Crippen LogP contribution in [0.15, 0.2) is 24.3 Å². The van der Waals surface area contributed by atoms with Crippen LogP contribution < -0.4 is 4.74 Å². The van der Waals surface area contributed by atoms with Crippen LogP contribution in [-0.2, 0) is 6.61 Å². The van der Waals surface area contributed by atoms with Crippen molar-refractivity contribution >= 4 is 11.8 Å². The summed E-state index contributed by atoms with van der Waals surface area (Å²) in [7, 11) is 0. The van der Waals surface area contributed by atoms with E-state index in [2.05, 4.69) is 13.8 Å². The molecule has 0 aliphatic heterocycles. The molecule has 0 fully saturated rings. The van der Waals surface area contributed by atoms with Gasteiger partial charge in [-0.3, -0.25) is 0 Å². The number of hydrogen-bond donors (Lipinski definition) is 1. The number of aliphatic hydroxyl groups excluding tert-OH is 1. The van der Waals surface area contributed by atoms with Crippen LogP contribution >= 0.6 is 11.8 Å². The number of rotatable bonds is 7. The normalized spacial score (nSPS) is 10.8. The van der Waals surface area contributed by atoms with Crippen molar-refractivity contribution in [3.05, 3.63) is 29.8 Å². The van der Waals surface area contributed by atoms with Gasteiger partial charge in [-0.1, -0.05) is 32.0 Å². The molecule has 2 nitrogen and oxygen atoms in total. The van der Waals surface area contributed by atoms with Gasteiger partial charge in [-0.2, -0.15) is 11.8 Å². The molecule has 1 N–H and O–H groups in total. The highest BCUT2D eigenvalue weighted by atomic mass is 32.2. The Morgan fingerprint density at radius 3 is 2.75 bits per heavy atom. The Morgan fingerprint density at radius 1 is 1.31 bits per heavy atom. The Bertz CT molecular complexity index is 300. The molecule has 0 amide bonds. The largest absolute Gasteiger partial charge is 0.492 e. The number of hydrogen-bond acceptors (Lipinski definition) is 3. The van der Waals surface area contributed by atoms with Gasteiger partial charge in [-0.15, -0.1) is 0 Å². The molecule has 1 rings (SSSR count). The smallest absolute Gasteiger partial charge is 0.124 e. The maximum Gasteiger partial charge on any atom is 0.124 e. The quantitative estimate of drug-likeness (QED) is 0.743. The average molecular weight is 240 g/mol. The molecule has 0 heterocycles. The molecule has 0 spiro atoms. The standard InChI is InChI=1S/C13H20O2S/c1-11(2)10-16-8-7-15-13-6-4-3-5-12(13)9-14/h3-6,11,14H,7-10H2,1-2H3. The van der Waals surface area contributed by atoms with Crippen molar-refractivity contribution in [1.29, 1.82) is 0 Å². The van der Waals surface area contributed by atoms with Crippen LogP contribution in [0.4, 0.5) is 0 Å². The zero-order chi connectivity index (χ0) is 11.8. The van der Waals surface area contributed by atoms with Gasteiger partial charge in [0.25, 0.3) is 0 Å². The third-order valence-electron chi connectivity index (χ3n) is 2.08. The van der Waals surface area contributed by atoms with E-state index in [0.29, 0.717) is 6.61 Å². The Labute approximate surface area is 102 Å². The molecule has 0 aliphatic rings. The van der Waals surface area contributed by atoms with E-state index in [4.69, 9.17) is 9.84 Å². The summed E-state index contributed by atoms with van der Waals surface area (Å²) < 4.78 is 5.63. The fourth-order valence-electron chi connectivity index (χ4n) is 1.30. The highest BCUT2D eigenvalue weighted by Crippen LogP contribution is 2.18. The average Bonchev–Trinajstić information content (AvgIpc) is 2.29. The molecule has 16 heavy (non-hydrogen) atoms. The third kappa shape index (κ3) is 4.90. The maximum absolute atomic E-state index is 9.11. The minimum absolute atomic E-state index is 0.0370. The summed E-state index contributed by atoms with van der Waals surface area (Å²) in [4.78, 5) is 0. The van der Waals surface area contributed by atoms with E-state index in [9.17, 15) is 0 Å². The number of benzene rings is 1. The molecular formula is C13H20O2S. The van der Waals surface area contributed by atoms with Crippen LogP contribution in [0.2, 0.25) is 0 Å². The topological polar surface area (TPSA) is 29.5 Å². The maximum atomic E-state index is 9.11. The summed E-state index contributed by atoms with van der Waals surface area (Å²) >= 11 is 1.91. The fourth-order valence-corrected chi connectivity index (χ4v) is 2.14. The van der Waals surface area contributed by atoms with Gasteiger partial charge in [0.15, 0.2) is 0 Å². The zero-order valence-electron chi connectivity index (χ0n) is 9.98. The minimum Gasteiger partial charge on any atom is -0.492 e. The number of thioether (sulfide) groups is 1. The van der Waals surface area contributed by atoms with Gasteiger partial charge < -0.3 is 9.84 Å². The molecular weight excluding hydrogens is 220 g/mol. The number of ether oxygens (including phenoxy) is 1. The molecule has 0 atom stereocenters. The summed E-state index contributed by atoms with van der Waals surface area (Å²) in [5.74, 6) is 3.70. The van der Waals surface area contributed by atoms with Gasteiger partial charge in [0.1, 0.15) is 5.75 Å². The summed E-state index contributed by atoms with van der Waals surface area (Å²) in [6.45, 7) is 5.17.